The molecule has 2 aromatic carbocycles. The smallest absolute Gasteiger partial charge is 0.275 e. The third kappa shape index (κ3) is 2.43. The SMILES string of the molecule is C=C1NN(c2ccccc2)C(=O)C1c1c(C)[nH]n(-c2ccccc2)c1=O. The highest BCUT2D eigenvalue weighted by Crippen LogP contribution is 2.32. The second-order valence-corrected chi connectivity index (χ2v) is 6.21. The number of nitrogens with zero attached hydrogens (tertiary/aromatic N) is 2. The van der Waals surface area contributed by atoms with Crippen LogP contribution in [0.1, 0.15) is 17.2 Å². The second-order valence-electron chi connectivity index (χ2n) is 6.21. The lowest BCUT2D eigenvalue weighted by Gasteiger charge is -2.15. The van der Waals surface area contributed by atoms with Crippen LogP contribution in [0.15, 0.2) is 77.7 Å². The van der Waals surface area contributed by atoms with E-state index in [0.717, 1.165) is 5.69 Å². The highest BCUT2D eigenvalue weighted by Gasteiger charge is 2.40. The van der Waals surface area contributed by atoms with Gasteiger partial charge in [-0.25, -0.2) is 9.69 Å². The Kier molecular flexibility index (Phi) is 3.73. The average molecular weight is 346 g/mol. The van der Waals surface area contributed by atoms with Crippen molar-refractivity contribution in [1.29, 1.82) is 0 Å². The molecule has 0 spiro atoms. The zero-order valence-electron chi connectivity index (χ0n) is 14.3. The van der Waals surface area contributed by atoms with Crippen LogP contribution in [0.4, 0.5) is 5.69 Å². The van der Waals surface area contributed by atoms with Gasteiger partial charge < -0.3 is 0 Å². The fraction of sp³-hybridized carbons (Fsp3) is 0.100. The first kappa shape index (κ1) is 16.0. The van der Waals surface area contributed by atoms with Gasteiger partial charge in [-0.05, 0) is 31.2 Å². The van der Waals surface area contributed by atoms with Gasteiger partial charge in [0.05, 0.1) is 16.9 Å². The molecule has 26 heavy (non-hydrogen) atoms. The standard InChI is InChI=1S/C20H18N4O2/c1-13-17(19(25)23(21-13)15-9-5-3-6-10-15)18-14(2)22-24(20(18)26)16-11-7-4-8-12-16/h3-12,17,21-22H,1H2,2H3. The molecule has 1 aliphatic heterocycles. The summed E-state index contributed by atoms with van der Waals surface area (Å²) < 4.78 is 1.45. The van der Waals surface area contributed by atoms with E-state index in [1.165, 1.54) is 9.69 Å². The number of carbonyl (C=O) groups is 1. The second kappa shape index (κ2) is 6.07. The lowest BCUT2D eigenvalue weighted by atomic mass is 9.97. The number of nitrogens with one attached hydrogen (secondary N) is 2. The summed E-state index contributed by atoms with van der Waals surface area (Å²) >= 11 is 0. The molecule has 1 saturated heterocycles. The minimum absolute atomic E-state index is 0.222. The Hall–Kier alpha value is -3.54. The molecular weight excluding hydrogens is 328 g/mol. The normalized spacial score (nSPS) is 16.8. The Morgan fingerprint density at radius 2 is 1.50 bits per heavy atom. The molecule has 1 atom stereocenters. The van der Waals surface area contributed by atoms with Crippen molar-refractivity contribution < 1.29 is 4.79 Å². The number of H-pyrrole nitrogens is 1. The molecule has 130 valence electrons. The number of carbonyl (C=O) groups excluding carboxylic acids is 1. The number of aryl methyl sites for hydroxylation is 1. The lowest BCUT2D eigenvalue weighted by molar-refractivity contribution is -0.118. The zero-order valence-corrected chi connectivity index (χ0v) is 14.3. The fourth-order valence-electron chi connectivity index (χ4n) is 3.27. The maximum absolute atomic E-state index is 13.0. The summed E-state index contributed by atoms with van der Waals surface area (Å²) in [5.74, 6) is -0.954. The van der Waals surface area contributed by atoms with Crippen LogP contribution in [0.2, 0.25) is 0 Å². The molecule has 0 radical (unpaired) electrons. The third-order valence-electron chi connectivity index (χ3n) is 4.51. The van der Waals surface area contributed by atoms with E-state index in [2.05, 4.69) is 17.1 Å². The molecule has 6 heteroatoms. The van der Waals surface area contributed by atoms with Gasteiger partial charge in [-0.1, -0.05) is 43.0 Å². The van der Waals surface area contributed by atoms with E-state index in [1.807, 2.05) is 60.7 Å². The molecule has 1 fully saturated rings. The molecule has 0 aliphatic carbocycles. The first-order valence-corrected chi connectivity index (χ1v) is 8.29. The number of hydrogen-bond donors (Lipinski definition) is 2. The molecule has 1 aliphatic rings. The molecule has 2 N–H and O–H groups in total. The maximum atomic E-state index is 13.0. The topological polar surface area (TPSA) is 70.1 Å². The van der Waals surface area contributed by atoms with Crippen LogP contribution in [0.5, 0.6) is 0 Å². The molecule has 4 rings (SSSR count). The minimum atomic E-state index is -0.732. The van der Waals surface area contributed by atoms with E-state index in [1.54, 1.807) is 6.92 Å². The predicted octanol–water partition coefficient (Wildman–Crippen LogP) is 2.62. The molecule has 0 saturated carbocycles. The largest absolute Gasteiger partial charge is 0.295 e. The third-order valence-corrected chi connectivity index (χ3v) is 4.51. The van der Waals surface area contributed by atoms with Crippen molar-refractivity contribution in [1.82, 2.24) is 15.2 Å². The van der Waals surface area contributed by atoms with E-state index in [9.17, 15) is 9.59 Å². The van der Waals surface area contributed by atoms with E-state index in [0.29, 0.717) is 22.6 Å². The van der Waals surface area contributed by atoms with Crippen molar-refractivity contribution in [3.8, 4) is 5.69 Å². The number of para-hydroxylation sites is 2. The van der Waals surface area contributed by atoms with Crippen molar-refractivity contribution in [3.63, 3.8) is 0 Å². The van der Waals surface area contributed by atoms with Crippen LogP contribution in [0.25, 0.3) is 5.69 Å². The zero-order chi connectivity index (χ0) is 18.3. The molecule has 1 unspecified atom stereocenters. The van der Waals surface area contributed by atoms with Crippen molar-refractivity contribution in [2.24, 2.45) is 0 Å². The monoisotopic (exact) mass is 346 g/mol. The molecule has 1 amide bonds. The summed E-state index contributed by atoms with van der Waals surface area (Å²) in [5.41, 5.74) is 5.72. The van der Waals surface area contributed by atoms with Gasteiger partial charge in [0.25, 0.3) is 11.5 Å². The van der Waals surface area contributed by atoms with Gasteiger partial charge in [-0.3, -0.25) is 20.1 Å². The Bertz CT molecular complexity index is 1030. The summed E-state index contributed by atoms with van der Waals surface area (Å²) in [6.07, 6.45) is 0. The van der Waals surface area contributed by atoms with Gasteiger partial charge in [-0.15, -0.1) is 0 Å². The van der Waals surface area contributed by atoms with Crippen LogP contribution in [-0.2, 0) is 4.79 Å². The summed E-state index contributed by atoms with van der Waals surface area (Å²) in [5, 5.41) is 4.50. The van der Waals surface area contributed by atoms with Crippen LogP contribution >= 0.6 is 0 Å². The van der Waals surface area contributed by atoms with E-state index in [4.69, 9.17) is 0 Å². The molecule has 3 aromatic rings. The predicted molar refractivity (Wildman–Crippen MR) is 100 cm³/mol. The van der Waals surface area contributed by atoms with Gasteiger partial charge in [-0.2, -0.15) is 0 Å². The summed E-state index contributed by atoms with van der Waals surface area (Å²) in [6.45, 7) is 5.76. The number of hydrazine groups is 1. The van der Waals surface area contributed by atoms with Crippen molar-refractivity contribution in [3.05, 3.63) is 94.6 Å². The molecule has 2 heterocycles. The molecule has 1 aromatic heterocycles. The van der Waals surface area contributed by atoms with Gasteiger partial charge in [0.2, 0.25) is 0 Å². The van der Waals surface area contributed by atoms with Crippen LogP contribution < -0.4 is 16.0 Å². The highest BCUT2D eigenvalue weighted by atomic mass is 16.2. The van der Waals surface area contributed by atoms with Crippen molar-refractivity contribution >= 4 is 11.6 Å². The van der Waals surface area contributed by atoms with Crippen LogP contribution in [0, 0.1) is 6.92 Å². The van der Waals surface area contributed by atoms with Crippen LogP contribution in [-0.4, -0.2) is 15.7 Å². The number of aromatic nitrogens is 2. The summed E-state index contributed by atoms with van der Waals surface area (Å²) in [4.78, 5) is 26.0. The number of aromatic amines is 1. The van der Waals surface area contributed by atoms with E-state index in [-0.39, 0.29) is 11.5 Å². The number of rotatable bonds is 3. The summed E-state index contributed by atoms with van der Waals surface area (Å²) in [7, 11) is 0. The van der Waals surface area contributed by atoms with E-state index < -0.39 is 5.92 Å². The highest BCUT2D eigenvalue weighted by molar-refractivity contribution is 6.02. The number of hydrogen-bond acceptors (Lipinski definition) is 3. The van der Waals surface area contributed by atoms with Gasteiger partial charge >= 0.3 is 0 Å². The first-order valence-electron chi connectivity index (χ1n) is 8.29. The fourth-order valence-corrected chi connectivity index (χ4v) is 3.27. The Balaban J connectivity index is 1.77. The maximum Gasteiger partial charge on any atom is 0.275 e. The quantitative estimate of drug-likeness (QED) is 0.766. The number of anilines is 1. The summed E-state index contributed by atoms with van der Waals surface area (Å²) in [6, 6.07) is 18.5. The lowest BCUT2D eigenvalue weighted by Crippen LogP contribution is -2.34. The van der Waals surface area contributed by atoms with Gasteiger partial charge in [0, 0.05) is 11.4 Å². The molecular formula is C20H18N4O2. The molecule has 0 bridgehead atoms. The molecule has 6 nitrogen and oxygen atoms in total. The number of amides is 1. The Labute approximate surface area is 150 Å². The minimum Gasteiger partial charge on any atom is -0.295 e. The Morgan fingerprint density at radius 1 is 0.923 bits per heavy atom. The van der Waals surface area contributed by atoms with Crippen molar-refractivity contribution in [2.45, 2.75) is 12.8 Å². The van der Waals surface area contributed by atoms with Crippen molar-refractivity contribution in [2.75, 3.05) is 5.01 Å². The van der Waals surface area contributed by atoms with Gasteiger partial charge in [0.1, 0.15) is 5.92 Å². The number of benzene rings is 2. The first-order chi connectivity index (χ1) is 12.6. The average Bonchev–Trinajstić information content (AvgIpc) is 3.12. The van der Waals surface area contributed by atoms with Gasteiger partial charge in [0.15, 0.2) is 0 Å². The Morgan fingerprint density at radius 3 is 2.12 bits per heavy atom. The van der Waals surface area contributed by atoms with Crippen LogP contribution in [0.3, 0.4) is 0 Å². The van der Waals surface area contributed by atoms with E-state index >= 15 is 0 Å².